The van der Waals surface area contributed by atoms with Gasteiger partial charge in [-0.25, -0.2) is 4.79 Å². The summed E-state index contributed by atoms with van der Waals surface area (Å²) in [6.45, 7) is 4.78. The number of carboxylic acid groups (broad SMARTS) is 1. The van der Waals surface area contributed by atoms with Gasteiger partial charge in [0, 0.05) is 39.0 Å². The number of nitrogens with one attached hydrogen (secondary N) is 2. The van der Waals surface area contributed by atoms with Crippen molar-refractivity contribution in [2.45, 2.75) is 33.4 Å². The van der Waals surface area contributed by atoms with Crippen LogP contribution in [0, 0.1) is 0 Å². The SMILES string of the molecule is CC(=O)NCCN(C(=O)c1ccc(CNC(C)=O)cc1)C(C)C(=O)O. The van der Waals surface area contributed by atoms with Crippen LogP contribution in [0.5, 0.6) is 0 Å². The van der Waals surface area contributed by atoms with E-state index in [1.165, 1.54) is 25.7 Å². The van der Waals surface area contributed by atoms with Crippen molar-refractivity contribution in [3.8, 4) is 0 Å². The Balaban J connectivity index is 2.86. The van der Waals surface area contributed by atoms with Gasteiger partial charge in [-0.1, -0.05) is 12.1 Å². The molecule has 3 amide bonds. The van der Waals surface area contributed by atoms with Crippen molar-refractivity contribution < 1.29 is 24.3 Å². The third-order valence-corrected chi connectivity index (χ3v) is 3.55. The molecule has 1 atom stereocenters. The van der Waals surface area contributed by atoms with E-state index in [0.29, 0.717) is 12.1 Å². The average Bonchev–Trinajstić information content (AvgIpc) is 2.56. The lowest BCUT2D eigenvalue weighted by Gasteiger charge is -2.26. The van der Waals surface area contributed by atoms with Crippen LogP contribution in [0.4, 0.5) is 0 Å². The Morgan fingerprint density at radius 1 is 1.04 bits per heavy atom. The molecule has 136 valence electrons. The molecule has 0 spiro atoms. The van der Waals surface area contributed by atoms with E-state index in [2.05, 4.69) is 10.6 Å². The van der Waals surface area contributed by atoms with Crippen molar-refractivity contribution in [3.05, 3.63) is 35.4 Å². The first-order valence-corrected chi connectivity index (χ1v) is 7.84. The third-order valence-electron chi connectivity index (χ3n) is 3.55. The lowest BCUT2D eigenvalue weighted by Crippen LogP contribution is -2.46. The second-order valence-electron chi connectivity index (χ2n) is 5.60. The summed E-state index contributed by atoms with van der Waals surface area (Å²) in [7, 11) is 0. The first-order valence-electron chi connectivity index (χ1n) is 7.84. The molecule has 0 fully saturated rings. The van der Waals surface area contributed by atoms with E-state index >= 15 is 0 Å². The number of hydrogen-bond donors (Lipinski definition) is 3. The van der Waals surface area contributed by atoms with Gasteiger partial charge in [0.05, 0.1) is 0 Å². The molecule has 1 aromatic carbocycles. The number of nitrogens with zero attached hydrogens (tertiary/aromatic N) is 1. The van der Waals surface area contributed by atoms with Gasteiger partial charge in [-0.2, -0.15) is 0 Å². The van der Waals surface area contributed by atoms with Crippen LogP contribution in [0.1, 0.15) is 36.7 Å². The topological polar surface area (TPSA) is 116 Å². The zero-order valence-electron chi connectivity index (χ0n) is 14.5. The number of carbonyl (C=O) groups excluding carboxylic acids is 3. The van der Waals surface area contributed by atoms with E-state index in [4.69, 9.17) is 0 Å². The number of benzene rings is 1. The predicted molar refractivity (Wildman–Crippen MR) is 90.8 cm³/mol. The number of aliphatic carboxylic acids is 1. The minimum absolute atomic E-state index is 0.0829. The maximum Gasteiger partial charge on any atom is 0.326 e. The Bertz CT molecular complexity index is 642. The molecule has 8 nitrogen and oxygen atoms in total. The Morgan fingerprint density at radius 3 is 2.08 bits per heavy atom. The largest absolute Gasteiger partial charge is 0.480 e. The van der Waals surface area contributed by atoms with Gasteiger partial charge in [0.2, 0.25) is 11.8 Å². The van der Waals surface area contributed by atoms with E-state index < -0.39 is 17.9 Å². The fourth-order valence-electron chi connectivity index (χ4n) is 2.11. The van der Waals surface area contributed by atoms with Gasteiger partial charge in [-0.3, -0.25) is 14.4 Å². The Kier molecular flexibility index (Phi) is 7.58. The van der Waals surface area contributed by atoms with Crippen LogP contribution in [0.15, 0.2) is 24.3 Å². The molecular weight excluding hydrogens is 326 g/mol. The first-order chi connectivity index (χ1) is 11.7. The van der Waals surface area contributed by atoms with Gasteiger partial charge in [0.25, 0.3) is 5.91 Å². The number of rotatable bonds is 8. The van der Waals surface area contributed by atoms with Gasteiger partial charge in [-0.15, -0.1) is 0 Å². The van der Waals surface area contributed by atoms with Crippen LogP contribution in [-0.4, -0.2) is 52.8 Å². The summed E-state index contributed by atoms with van der Waals surface area (Å²) in [5, 5.41) is 14.4. The summed E-state index contributed by atoms with van der Waals surface area (Å²) in [4.78, 5) is 46.9. The quantitative estimate of drug-likeness (QED) is 0.627. The monoisotopic (exact) mass is 349 g/mol. The third kappa shape index (κ3) is 6.62. The lowest BCUT2D eigenvalue weighted by molar-refractivity contribution is -0.141. The zero-order valence-corrected chi connectivity index (χ0v) is 14.5. The zero-order chi connectivity index (χ0) is 19.0. The van der Waals surface area contributed by atoms with E-state index in [1.807, 2.05) is 0 Å². The highest BCUT2D eigenvalue weighted by molar-refractivity contribution is 5.96. The molecule has 3 N–H and O–H groups in total. The molecule has 1 rings (SSSR count). The molecule has 0 saturated carbocycles. The Morgan fingerprint density at radius 2 is 1.60 bits per heavy atom. The van der Waals surface area contributed by atoms with Gasteiger partial charge in [0.1, 0.15) is 6.04 Å². The molecular formula is C17H23N3O5. The fraction of sp³-hybridized carbons (Fsp3) is 0.412. The van der Waals surface area contributed by atoms with Crippen LogP contribution >= 0.6 is 0 Å². The highest BCUT2D eigenvalue weighted by atomic mass is 16.4. The van der Waals surface area contributed by atoms with Gasteiger partial charge >= 0.3 is 5.97 Å². The summed E-state index contributed by atoms with van der Waals surface area (Å²) in [5.41, 5.74) is 1.16. The summed E-state index contributed by atoms with van der Waals surface area (Å²) in [6, 6.07) is 5.53. The van der Waals surface area contributed by atoms with Crippen LogP contribution in [0.25, 0.3) is 0 Å². The predicted octanol–water partition coefficient (Wildman–Crippen LogP) is 0.374. The maximum atomic E-state index is 12.6. The minimum atomic E-state index is -1.13. The van der Waals surface area contributed by atoms with Crippen molar-refractivity contribution in [2.75, 3.05) is 13.1 Å². The van der Waals surface area contributed by atoms with Gasteiger partial charge < -0.3 is 20.6 Å². The lowest BCUT2D eigenvalue weighted by atomic mass is 10.1. The summed E-state index contributed by atoms with van der Waals surface area (Å²) >= 11 is 0. The maximum absolute atomic E-state index is 12.6. The second-order valence-corrected chi connectivity index (χ2v) is 5.60. The second kappa shape index (κ2) is 9.41. The number of carbonyl (C=O) groups is 4. The van der Waals surface area contributed by atoms with Crippen molar-refractivity contribution in [1.29, 1.82) is 0 Å². The summed E-state index contributed by atoms with van der Waals surface area (Å²) < 4.78 is 0. The first kappa shape index (κ1) is 20.1. The molecule has 1 aromatic rings. The molecule has 0 aliphatic rings. The molecule has 0 saturated heterocycles. The molecule has 0 aliphatic carbocycles. The molecule has 0 heterocycles. The number of carboxylic acids is 1. The minimum Gasteiger partial charge on any atom is -0.480 e. The van der Waals surface area contributed by atoms with Gasteiger partial charge in [0.15, 0.2) is 0 Å². The molecule has 0 radical (unpaired) electrons. The van der Waals surface area contributed by atoms with Crippen molar-refractivity contribution in [2.24, 2.45) is 0 Å². The van der Waals surface area contributed by atoms with Crippen LogP contribution in [-0.2, 0) is 20.9 Å². The average molecular weight is 349 g/mol. The van der Waals surface area contributed by atoms with Crippen molar-refractivity contribution in [1.82, 2.24) is 15.5 Å². The van der Waals surface area contributed by atoms with E-state index in [0.717, 1.165) is 5.56 Å². The Labute approximate surface area is 146 Å². The van der Waals surface area contributed by atoms with E-state index in [1.54, 1.807) is 24.3 Å². The molecule has 0 aromatic heterocycles. The summed E-state index contributed by atoms with van der Waals surface area (Å²) in [6.07, 6.45) is 0. The molecule has 25 heavy (non-hydrogen) atoms. The van der Waals surface area contributed by atoms with E-state index in [9.17, 15) is 24.3 Å². The molecule has 8 heteroatoms. The van der Waals surface area contributed by atoms with E-state index in [-0.39, 0.29) is 24.9 Å². The standard InChI is InChI=1S/C17H23N3O5/c1-11(17(24)25)20(9-8-18-12(2)21)16(23)15-6-4-14(5-7-15)10-19-13(3)22/h4-7,11H,8-10H2,1-3H3,(H,18,21)(H,19,22)(H,24,25). The van der Waals surface area contributed by atoms with Crippen molar-refractivity contribution in [3.63, 3.8) is 0 Å². The number of hydrogen-bond acceptors (Lipinski definition) is 4. The fourth-order valence-corrected chi connectivity index (χ4v) is 2.11. The van der Waals surface area contributed by atoms with Crippen LogP contribution in [0.2, 0.25) is 0 Å². The van der Waals surface area contributed by atoms with Crippen molar-refractivity contribution >= 4 is 23.7 Å². The normalized spacial score (nSPS) is 11.3. The Hall–Kier alpha value is -2.90. The number of amides is 3. The van der Waals surface area contributed by atoms with Crippen LogP contribution in [0.3, 0.4) is 0 Å². The molecule has 0 bridgehead atoms. The van der Waals surface area contributed by atoms with Crippen LogP contribution < -0.4 is 10.6 Å². The molecule has 1 unspecified atom stereocenters. The summed E-state index contributed by atoms with van der Waals surface area (Å²) in [5.74, 6) is -1.97. The molecule has 0 aliphatic heterocycles. The smallest absolute Gasteiger partial charge is 0.326 e. The van der Waals surface area contributed by atoms with Gasteiger partial charge in [-0.05, 0) is 24.6 Å². The highest BCUT2D eigenvalue weighted by Crippen LogP contribution is 2.11. The highest BCUT2D eigenvalue weighted by Gasteiger charge is 2.26.